The molecule has 1 aromatic heterocycles. The van der Waals surface area contributed by atoms with Crippen LogP contribution in [0.4, 0.5) is 5.69 Å². The zero-order chi connectivity index (χ0) is 14.5. The number of hydrogen-bond donors (Lipinski definition) is 4. The van der Waals surface area contributed by atoms with Gasteiger partial charge in [0, 0.05) is 5.56 Å². The molecule has 2 aromatic rings. The van der Waals surface area contributed by atoms with Crippen LogP contribution in [0.1, 0.15) is 16.1 Å². The first-order valence-electron chi connectivity index (χ1n) is 5.48. The number of aromatic amines is 1. The van der Waals surface area contributed by atoms with E-state index in [1.807, 2.05) is 0 Å². The van der Waals surface area contributed by atoms with E-state index in [1.54, 1.807) is 12.1 Å². The highest BCUT2D eigenvalue weighted by Gasteiger charge is 2.13. The maximum Gasteiger partial charge on any atom is 0.277 e. The van der Waals surface area contributed by atoms with E-state index in [-0.39, 0.29) is 11.5 Å². The first kappa shape index (κ1) is 13.3. The second-order valence-electron chi connectivity index (χ2n) is 3.71. The fourth-order valence-electron chi connectivity index (χ4n) is 1.51. The van der Waals surface area contributed by atoms with Gasteiger partial charge in [-0.1, -0.05) is 5.16 Å². The maximum absolute atomic E-state index is 11.8. The molecule has 0 atom stereocenters. The molecule has 0 aliphatic carbocycles. The molecule has 2 rings (SSSR count). The highest BCUT2D eigenvalue weighted by atomic mass is 16.5. The third-order valence-electron chi connectivity index (χ3n) is 2.50. The van der Waals surface area contributed by atoms with Crippen molar-refractivity contribution in [3.8, 4) is 5.75 Å². The number of methoxy groups -OCH3 is 1. The molecule has 1 aromatic carbocycles. The van der Waals surface area contributed by atoms with E-state index in [2.05, 4.69) is 25.9 Å². The fraction of sp³-hybridized carbons (Fsp3) is 0.0909. The Balaban J connectivity index is 2.26. The van der Waals surface area contributed by atoms with Gasteiger partial charge in [-0.3, -0.25) is 4.79 Å². The van der Waals surface area contributed by atoms with Crippen molar-refractivity contribution in [1.29, 1.82) is 0 Å². The molecule has 5 N–H and O–H groups in total. The first-order valence-corrected chi connectivity index (χ1v) is 5.48. The zero-order valence-electron chi connectivity index (χ0n) is 10.5. The summed E-state index contributed by atoms with van der Waals surface area (Å²) < 4.78 is 5.15. The van der Waals surface area contributed by atoms with Crippen LogP contribution in [0.3, 0.4) is 0 Å². The van der Waals surface area contributed by atoms with Crippen molar-refractivity contribution in [2.75, 3.05) is 12.4 Å². The molecule has 0 aliphatic heterocycles. The summed E-state index contributed by atoms with van der Waals surface area (Å²) in [6, 6.07) is 4.69. The molecule has 104 valence electrons. The van der Waals surface area contributed by atoms with E-state index in [4.69, 9.17) is 15.7 Å². The van der Waals surface area contributed by atoms with E-state index >= 15 is 0 Å². The zero-order valence-corrected chi connectivity index (χ0v) is 10.5. The highest BCUT2D eigenvalue weighted by molar-refractivity contribution is 6.04. The van der Waals surface area contributed by atoms with Crippen LogP contribution in [-0.2, 0) is 0 Å². The number of nitrogens with zero attached hydrogens (tertiary/aromatic N) is 3. The Morgan fingerprint density at radius 1 is 1.55 bits per heavy atom. The fourth-order valence-corrected chi connectivity index (χ4v) is 1.51. The Hall–Kier alpha value is -3.10. The van der Waals surface area contributed by atoms with Crippen LogP contribution in [0.5, 0.6) is 5.75 Å². The Morgan fingerprint density at radius 3 is 2.95 bits per heavy atom. The van der Waals surface area contributed by atoms with Gasteiger partial charge in [0.1, 0.15) is 5.75 Å². The number of rotatable bonds is 4. The molecule has 0 saturated heterocycles. The number of hydrogen-bond acceptors (Lipinski definition) is 6. The molecular formula is C11H12N6O3. The Labute approximate surface area is 113 Å². The number of oxime groups is 1. The van der Waals surface area contributed by atoms with Gasteiger partial charge in [0.25, 0.3) is 5.91 Å². The number of anilines is 1. The Kier molecular flexibility index (Phi) is 3.80. The number of carbonyl (C=O) groups excluding carboxylic acids is 1. The van der Waals surface area contributed by atoms with Crippen molar-refractivity contribution in [3.05, 3.63) is 35.7 Å². The molecule has 0 spiro atoms. The van der Waals surface area contributed by atoms with Crippen LogP contribution in [0.2, 0.25) is 0 Å². The topological polar surface area (TPSA) is 139 Å². The minimum Gasteiger partial charge on any atom is -0.495 e. The molecule has 0 unspecified atom stereocenters. The SMILES string of the molecule is COc1cc(/C(N)=N/O)ccc1NC(=O)c1cn[nH]n1. The van der Waals surface area contributed by atoms with Crippen LogP contribution in [0, 0.1) is 0 Å². The molecule has 0 bridgehead atoms. The molecule has 20 heavy (non-hydrogen) atoms. The van der Waals surface area contributed by atoms with Gasteiger partial charge < -0.3 is 21.0 Å². The summed E-state index contributed by atoms with van der Waals surface area (Å²) in [5, 5.41) is 23.7. The summed E-state index contributed by atoms with van der Waals surface area (Å²) in [6.07, 6.45) is 1.30. The van der Waals surface area contributed by atoms with Crippen LogP contribution >= 0.6 is 0 Å². The molecule has 0 fully saturated rings. The maximum atomic E-state index is 11.8. The summed E-state index contributed by atoms with van der Waals surface area (Å²) in [5.74, 6) is -0.128. The second kappa shape index (κ2) is 5.69. The predicted molar refractivity (Wildman–Crippen MR) is 69.8 cm³/mol. The van der Waals surface area contributed by atoms with Crippen LogP contribution in [0.25, 0.3) is 0 Å². The number of benzene rings is 1. The number of nitrogens with one attached hydrogen (secondary N) is 2. The van der Waals surface area contributed by atoms with Gasteiger partial charge in [-0.2, -0.15) is 15.4 Å². The molecule has 1 heterocycles. The summed E-state index contributed by atoms with van der Waals surface area (Å²) in [6.45, 7) is 0. The smallest absolute Gasteiger partial charge is 0.277 e. The number of amidine groups is 1. The second-order valence-corrected chi connectivity index (χ2v) is 3.71. The van der Waals surface area contributed by atoms with E-state index < -0.39 is 5.91 Å². The number of amides is 1. The minimum absolute atomic E-state index is 0.0577. The van der Waals surface area contributed by atoms with Gasteiger partial charge in [0.2, 0.25) is 0 Å². The van der Waals surface area contributed by atoms with Crippen molar-refractivity contribution in [1.82, 2.24) is 15.4 Å². The lowest BCUT2D eigenvalue weighted by atomic mass is 10.1. The third-order valence-corrected chi connectivity index (χ3v) is 2.50. The molecule has 9 heteroatoms. The predicted octanol–water partition coefficient (Wildman–Crippen LogP) is 0.160. The lowest BCUT2D eigenvalue weighted by Crippen LogP contribution is -2.15. The third kappa shape index (κ3) is 2.66. The Morgan fingerprint density at radius 2 is 2.35 bits per heavy atom. The molecule has 0 aliphatic rings. The van der Waals surface area contributed by atoms with Crippen molar-refractivity contribution in [2.45, 2.75) is 0 Å². The summed E-state index contributed by atoms with van der Waals surface area (Å²) in [7, 11) is 1.44. The van der Waals surface area contributed by atoms with Crippen molar-refractivity contribution in [2.24, 2.45) is 10.9 Å². The number of H-pyrrole nitrogens is 1. The van der Waals surface area contributed by atoms with E-state index in [0.29, 0.717) is 17.0 Å². The standard InChI is InChI=1S/C11H12N6O3/c1-20-9-4-6(10(12)16-19)2-3-7(9)14-11(18)8-5-13-17-15-8/h2-5,19H,1H3,(H2,12,16)(H,14,18)(H,13,15,17). The van der Waals surface area contributed by atoms with Crippen LogP contribution in [-0.4, -0.2) is 39.5 Å². The molecule has 9 nitrogen and oxygen atoms in total. The minimum atomic E-state index is -0.436. The molecule has 0 radical (unpaired) electrons. The Bertz CT molecular complexity index is 638. The van der Waals surface area contributed by atoms with Gasteiger partial charge in [0.05, 0.1) is 19.0 Å². The number of carbonyl (C=O) groups is 1. The molecule has 1 amide bonds. The van der Waals surface area contributed by atoms with Crippen LogP contribution in [0.15, 0.2) is 29.6 Å². The van der Waals surface area contributed by atoms with Crippen LogP contribution < -0.4 is 15.8 Å². The largest absolute Gasteiger partial charge is 0.495 e. The van der Waals surface area contributed by atoms with Gasteiger partial charge >= 0.3 is 0 Å². The van der Waals surface area contributed by atoms with Gasteiger partial charge in [-0.15, -0.1) is 0 Å². The molecule has 0 saturated carbocycles. The normalized spacial score (nSPS) is 11.2. The van der Waals surface area contributed by atoms with E-state index in [0.717, 1.165) is 0 Å². The van der Waals surface area contributed by atoms with Gasteiger partial charge in [-0.25, -0.2) is 0 Å². The number of aromatic nitrogens is 3. The van der Waals surface area contributed by atoms with Crippen molar-refractivity contribution >= 4 is 17.4 Å². The summed E-state index contributed by atoms with van der Waals surface area (Å²) in [4.78, 5) is 11.8. The average molecular weight is 276 g/mol. The number of nitrogens with two attached hydrogens (primary N) is 1. The average Bonchev–Trinajstić information content (AvgIpc) is 3.01. The quantitative estimate of drug-likeness (QED) is 0.271. The first-order chi connectivity index (χ1) is 9.65. The number of ether oxygens (including phenoxy) is 1. The molecular weight excluding hydrogens is 264 g/mol. The summed E-state index contributed by atoms with van der Waals surface area (Å²) in [5.41, 5.74) is 6.51. The van der Waals surface area contributed by atoms with Crippen molar-refractivity contribution < 1.29 is 14.7 Å². The van der Waals surface area contributed by atoms with E-state index in [9.17, 15) is 4.79 Å². The highest BCUT2D eigenvalue weighted by Crippen LogP contribution is 2.25. The lowest BCUT2D eigenvalue weighted by molar-refractivity contribution is 0.102. The summed E-state index contributed by atoms with van der Waals surface area (Å²) >= 11 is 0. The monoisotopic (exact) mass is 276 g/mol. The van der Waals surface area contributed by atoms with Crippen molar-refractivity contribution in [3.63, 3.8) is 0 Å². The lowest BCUT2D eigenvalue weighted by Gasteiger charge is -2.10. The van der Waals surface area contributed by atoms with Gasteiger partial charge in [0.15, 0.2) is 11.5 Å². The van der Waals surface area contributed by atoms with E-state index in [1.165, 1.54) is 19.4 Å². The van der Waals surface area contributed by atoms with Gasteiger partial charge in [-0.05, 0) is 18.2 Å².